The first-order valence-corrected chi connectivity index (χ1v) is 7.32. The molecule has 0 amide bonds. The topological polar surface area (TPSA) is 45.6 Å². The SMILES string of the molecule is COc1ccc(/C=C/C(C)=N/NC(=S)NCC(C)C)cc1. The van der Waals surface area contributed by atoms with Gasteiger partial charge in [-0.3, -0.25) is 5.43 Å². The third-order valence-electron chi connectivity index (χ3n) is 2.64. The zero-order valence-corrected chi connectivity index (χ0v) is 13.8. The van der Waals surface area contributed by atoms with Crippen molar-refractivity contribution in [3.8, 4) is 5.75 Å². The van der Waals surface area contributed by atoms with Crippen LogP contribution in [0.5, 0.6) is 5.75 Å². The molecule has 114 valence electrons. The molecule has 5 heteroatoms. The molecule has 0 aliphatic rings. The fourth-order valence-corrected chi connectivity index (χ4v) is 1.57. The van der Waals surface area contributed by atoms with Gasteiger partial charge in [-0.25, -0.2) is 0 Å². The summed E-state index contributed by atoms with van der Waals surface area (Å²) in [6, 6.07) is 7.83. The van der Waals surface area contributed by atoms with Gasteiger partial charge in [0.15, 0.2) is 5.11 Å². The van der Waals surface area contributed by atoms with E-state index >= 15 is 0 Å². The highest BCUT2D eigenvalue weighted by Crippen LogP contribution is 2.12. The summed E-state index contributed by atoms with van der Waals surface area (Å²) >= 11 is 5.13. The maximum absolute atomic E-state index is 5.13. The first kappa shape index (κ1) is 17.2. The standard InChI is InChI=1S/C16H23N3OS/c1-12(2)11-17-16(21)19-18-13(3)5-6-14-7-9-15(20-4)10-8-14/h5-10,12H,11H2,1-4H3,(H2,17,19,21)/b6-5+,18-13+. The monoisotopic (exact) mass is 305 g/mol. The molecule has 21 heavy (non-hydrogen) atoms. The number of ether oxygens (including phenoxy) is 1. The Labute approximate surface area is 132 Å². The van der Waals surface area contributed by atoms with Crippen LogP contribution in [0, 0.1) is 5.92 Å². The van der Waals surface area contributed by atoms with Crippen LogP contribution >= 0.6 is 12.2 Å². The molecule has 0 bridgehead atoms. The average molecular weight is 305 g/mol. The van der Waals surface area contributed by atoms with Crippen LogP contribution in [-0.4, -0.2) is 24.5 Å². The van der Waals surface area contributed by atoms with Gasteiger partial charge in [-0.1, -0.05) is 32.1 Å². The summed E-state index contributed by atoms with van der Waals surface area (Å²) in [4.78, 5) is 0. The Hall–Kier alpha value is -1.88. The number of hydrogen-bond donors (Lipinski definition) is 2. The molecule has 2 N–H and O–H groups in total. The van der Waals surface area contributed by atoms with Crippen molar-refractivity contribution in [1.29, 1.82) is 0 Å². The van der Waals surface area contributed by atoms with Crippen molar-refractivity contribution in [3.63, 3.8) is 0 Å². The molecule has 0 aliphatic heterocycles. The van der Waals surface area contributed by atoms with Crippen molar-refractivity contribution in [1.82, 2.24) is 10.7 Å². The van der Waals surface area contributed by atoms with Gasteiger partial charge in [-0.2, -0.15) is 5.10 Å². The van der Waals surface area contributed by atoms with E-state index in [1.165, 1.54) is 0 Å². The molecule has 1 aromatic carbocycles. The number of nitrogens with zero attached hydrogens (tertiary/aromatic N) is 1. The van der Waals surface area contributed by atoms with E-state index in [9.17, 15) is 0 Å². The summed E-state index contributed by atoms with van der Waals surface area (Å²) < 4.78 is 5.12. The van der Waals surface area contributed by atoms with E-state index < -0.39 is 0 Å². The lowest BCUT2D eigenvalue weighted by molar-refractivity contribution is 0.415. The lowest BCUT2D eigenvalue weighted by Gasteiger charge is -2.09. The second-order valence-corrected chi connectivity index (χ2v) is 5.48. The smallest absolute Gasteiger partial charge is 0.186 e. The Kier molecular flexibility index (Phi) is 7.46. The Morgan fingerprint density at radius 3 is 2.57 bits per heavy atom. The highest BCUT2D eigenvalue weighted by Gasteiger charge is 1.96. The van der Waals surface area contributed by atoms with Crippen LogP contribution in [0.1, 0.15) is 26.3 Å². The molecule has 0 saturated heterocycles. The van der Waals surface area contributed by atoms with Crippen LogP contribution in [0.25, 0.3) is 6.08 Å². The number of hydrogen-bond acceptors (Lipinski definition) is 3. The van der Waals surface area contributed by atoms with Crippen LogP contribution in [0.2, 0.25) is 0 Å². The van der Waals surface area contributed by atoms with Gasteiger partial charge in [0.2, 0.25) is 0 Å². The predicted molar refractivity (Wildman–Crippen MR) is 93.7 cm³/mol. The van der Waals surface area contributed by atoms with Crippen LogP contribution in [0.3, 0.4) is 0 Å². The Morgan fingerprint density at radius 2 is 2.00 bits per heavy atom. The lowest BCUT2D eigenvalue weighted by Crippen LogP contribution is -2.34. The van der Waals surface area contributed by atoms with Crippen molar-refractivity contribution >= 4 is 29.1 Å². The van der Waals surface area contributed by atoms with Crippen molar-refractivity contribution < 1.29 is 4.74 Å². The van der Waals surface area contributed by atoms with Crippen LogP contribution in [-0.2, 0) is 0 Å². The van der Waals surface area contributed by atoms with E-state index in [4.69, 9.17) is 17.0 Å². The Morgan fingerprint density at radius 1 is 1.33 bits per heavy atom. The summed E-state index contributed by atoms with van der Waals surface area (Å²) in [6.45, 7) is 7.00. The molecule has 0 aromatic heterocycles. The van der Waals surface area contributed by atoms with E-state index in [1.54, 1.807) is 7.11 Å². The van der Waals surface area contributed by atoms with E-state index in [0.29, 0.717) is 11.0 Å². The molecule has 0 spiro atoms. The molecule has 0 aliphatic carbocycles. The summed E-state index contributed by atoms with van der Waals surface area (Å²) in [5.41, 5.74) is 4.76. The van der Waals surface area contributed by atoms with Crippen molar-refractivity contribution in [2.45, 2.75) is 20.8 Å². The highest BCUT2D eigenvalue weighted by molar-refractivity contribution is 7.80. The molecule has 0 saturated carbocycles. The van der Waals surface area contributed by atoms with Gasteiger partial charge in [0.05, 0.1) is 12.8 Å². The van der Waals surface area contributed by atoms with Gasteiger partial charge < -0.3 is 10.1 Å². The van der Waals surface area contributed by atoms with Gasteiger partial charge in [-0.15, -0.1) is 0 Å². The average Bonchev–Trinajstić information content (AvgIpc) is 2.49. The Balaban J connectivity index is 2.47. The third-order valence-corrected chi connectivity index (χ3v) is 2.87. The summed E-state index contributed by atoms with van der Waals surface area (Å²) in [5.74, 6) is 1.39. The zero-order valence-electron chi connectivity index (χ0n) is 13.0. The number of allylic oxidation sites excluding steroid dienone is 1. The van der Waals surface area contributed by atoms with Crippen molar-refractivity contribution in [3.05, 3.63) is 35.9 Å². The minimum Gasteiger partial charge on any atom is -0.497 e. The maximum Gasteiger partial charge on any atom is 0.186 e. The van der Waals surface area contributed by atoms with Gasteiger partial charge in [0.1, 0.15) is 5.75 Å². The van der Waals surface area contributed by atoms with Gasteiger partial charge in [0, 0.05) is 6.54 Å². The number of methoxy groups -OCH3 is 1. The number of hydrazone groups is 1. The number of nitrogens with one attached hydrogen (secondary N) is 2. The normalized spacial score (nSPS) is 11.8. The first-order valence-electron chi connectivity index (χ1n) is 6.91. The van der Waals surface area contributed by atoms with Crippen LogP contribution in [0.4, 0.5) is 0 Å². The highest BCUT2D eigenvalue weighted by atomic mass is 32.1. The van der Waals surface area contributed by atoms with E-state index in [-0.39, 0.29) is 0 Å². The maximum atomic E-state index is 5.13. The number of benzene rings is 1. The molecule has 1 rings (SSSR count). The first-order chi connectivity index (χ1) is 10.0. The molecule has 0 atom stereocenters. The van der Waals surface area contributed by atoms with Gasteiger partial charge in [0.25, 0.3) is 0 Å². The Bertz CT molecular complexity index is 507. The minimum absolute atomic E-state index is 0.542. The number of thiocarbonyl (C=S) groups is 1. The predicted octanol–water partition coefficient (Wildman–Crippen LogP) is 3.20. The minimum atomic E-state index is 0.542. The quantitative estimate of drug-likeness (QED) is 0.481. The number of rotatable bonds is 6. The van der Waals surface area contributed by atoms with Crippen molar-refractivity contribution in [2.75, 3.05) is 13.7 Å². The molecule has 0 unspecified atom stereocenters. The van der Waals surface area contributed by atoms with E-state index in [2.05, 4.69) is 29.7 Å². The fraction of sp³-hybridized carbons (Fsp3) is 0.375. The summed E-state index contributed by atoms with van der Waals surface area (Å²) in [6.07, 6.45) is 3.92. The van der Waals surface area contributed by atoms with Gasteiger partial charge in [-0.05, 0) is 48.8 Å². The van der Waals surface area contributed by atoms with Crippen molar-refractivity contribution in [2.24, 2.45) is 11.0 Å². The lowest BCUT2D eigenvalue weighted by atomic mass is 10.2. The second-order valence-electron chi connectivity index (χ2n) is 5.08. The van der Waals surface area contributed by atoms with E-state index in [0.717, 1.165) is 23.6 Å². The molecular formula is C16H23N3OS. The van der Waals surface area contributed by atoms with Crippen LogP contribution in [0.15, 0.2) is 35.4 Å². The molecule has 0 heterocycles. The van der Waals surface area contributed by atoms with Gasteiger partial charge >= 0.3 is 0 Å². The second kappa shape index (κ2) is 9.13. The summed E-state index contributed by atoms with van der Waals surface area (Å²) in [5, 5.41) is 7.84. The molecular weight excluding hydrogens is 282 g/mol. The van der Waals surface area contributed by atoms with Crippen LogP contribution < -0.4 is 15.5 Å². The fourth-order valence-electron chi connectivity index (χ4n) is 1.44. The molecule has 0 fully saturated rings. The zero-order chi connectivity index (χ0) is 15.7. The van der Waals surface area contributed by atoms with E-state index in [1.807, 2.05) is 43.3 Å². The molecule has 0 radical (unpaired) electrons. The molecule has 4 nitrogen and oxygen atoms in total. The third kappa shape index (κ3) is 7.46. The summed E-state index contributed by atoms with van der Waals surface area (Å²) in [7, 11) is 1.66. The largest absolute Gasteiger partial charge is 0.497 e. The molecule has 1 aromatic rings.